The summed E-state index contributed by atoms with van der Waals surface area (Å²) in [5.41, 5.74) is -0.784. The van der Waals surface area contributed by atoms with Gasteiger partial charge in [0.05, 0.1) is 24.1 Å². The average Bonchev–Trinajstić information content (AvgIpc) is 3.05. The summed E-state index contributed by atoms with van der Waals surface area (Å²) in [4.78, 5) is 14.9. The van der Waals surface area contributed by atoms with Crippen LogP contribution in [0.5, 0.6) is 0 Å². The lowest BCUT2D eigenvalue weighted by Gasteiger charge is -2.44. The van der Waals surface area contributed by atoms with E-state index < -0.39 is 47.9 Å². The molecule has 2 aliphatic rings. The van der Waals surface area contributed by atoms with Crippen molar-refractivity contribution in [1.82, 2.24) is 10.2 Å². The number of hydrogen-bond donors (Lipinski definition) is 5. The molecule has 0 aromatic rings. The zero-order valence-corrected chi connectivity index (χ0v) is 18.1. The van der Waals surface area contributed by atoms with Gasteiger partial charge in [-0.05, 0) is 32.1 Å². The lowest BCUT2D eigenvalue weighted by Crippen LogP contribution is -2.65. The smallest absolute Gasteiger partial charge is 0.237 e. The van der Waals surface area contributed by atoms with E-state index in [0.717, 1.165) is 25.8 Å². The van der Waals surface area contributed by atoms with E-state index >= 15 is 0 Å². The van der Waals surface area contributed by atoms with Crippen LogP contribution in [0.25, 0.3) is 0 Å². The lowest BCUT2D eigenvalue weighted by molar-refractivity contribution is -0.205. The number of aliphatic hydroxyl groups is 4. The minimum Gasteiger partial charge on any atom is -0.395 e. The van der Waals surface area contributed by atoms with Gasteiger partial charge in [0.25, 0.3) is 0 Å². The molecule has 0 spiro atoms. The molecule has 0 saturated carbocycles. The van der Waals surface area contributed by atoms with Crippen molar-refractivity contribution in [2.45, 2.75) is 73.5 Å². The van der Waals surface area contributed by atoms with Gasteiger partial charge in [0.2, 0.25) is 5.91 Å². The van der Waals surface area contributed by atoms with E-state index in [2.05, 4.69) is 12.2 Å². The van der Waals surface area contributed by atoms with Gasteiger partial charge in [-0.2, -0.15) is 0 Å². The van der Waals surface area contributed by atoms with Gasteiger partial charge >= 0.3 is 0 Å². The van der Waals surface area contributed by atoms with Crippen LogP contribution in [0, 0.1) is 5.92 Å². The fourth-order valence-corrected chi connectivity index (χ4v) is 5.03. The number of halogens is 1. The van der Waals surface area contributed by atoms with E-state index in [4.69, 9.17) is 16.3 Å². The quantitative estimate of drug-likeness (QED) is 0.316. The molecule has 2 aliphatic heterocycles. The van der Waals surface area contributed by atoms with Gasteiger partial charge in [-0.1, -0.05) is 13.3 Å². The topological polar surface area (TPSA) is 122 Å². The van der Waals surface area contributed by atoms with E-state index in [-0.39, 0.29) is 11.9 Å². The summed E-state index contributed by atoms with van der Waals surface area (Å²) in [6, 6.07) is -1.25. The van der Waals surface area contributed by atoms with Gasteiger partial charge in [0.15, 0.2) is 0 Å². The molecule has 2 rings (SSSR count). The summed E-state index contributed by atoms with van der Waals surface area (Å²) in [6.45, 7) is 2.51. The normalized spacial score (nSPS) is 38.9. The third-order valence-corrected chi connectivity index (χ3v) is 6.96. The van der Waals surface area contributed by atoms with Gasteiger partial charge in [-0.3, -0.25) is 9.69 Å². The largest absolute Gasteiger partial charge is 0.395 e. The number of hydrogen-bond acceptors (Lipinski definition) is 8. The molecule has 0 aromatic heterocycles. The maximum atomic E-state index is 12.9. The van der Waals surface area contributed by atoms with Crippen molar-refractivity contribution in [3.8, 4) is 0 Å². The standard InChI is InChI=1S/C18H33ClN2O6S/c1-4-5-9-6-11(21(2)7-9)17(26)20-12(10(19)8-22)16-14(24)13(23)15(25)18(27-16)28-3/h9-16,18,22-25H,4-8H2,1-3H3,(H,20,26)/t9-,10+,11+,12-,13+,14-,15-,16-,18-/m1/s1. The molecule has 5 N–H and O–H groups in total. The maximum Gasteiger partial charge on any atom is 0.237 e. The van der Waals surface area contributed by atoms with E-state index in [1.807, 2.05) is 11.9 Å². The molecule has 0 aromatic carbocycles. The van der Waals surface area contributed by atoms with Crippen LogP contribution in [0.1, 0.15) is 26.2 Å². The number of nitrogens with one attached hydrogen (secondary N) is 1. The van der Waals surface area contributed by atoms with Gasteiger partial charge in [-0.15, -0.1) is 23.4 Å². The number of rotatable bonds is 8. The second kappa shape index (κ2) is 10.8. The van der Waals surface area contributed by atoms with Crippen molar-refractivity contribution in [2.24, 2.45) is 5.92 Å². The fourth-order valence-electron chi connectivity index (χ4n) is 4.15. The van der Waals surface area contributed by atoms with Gasteiger partial charge < -0.3 is 30.5 Å². The Balaban J connectivity index is 2.14. The van der Waals surface area contributed by atoms with Crippen LogP contribution >= 0.6 is 23.4 Å². The number of likely N-dealkylation sites (N-methyl/N-ethyl adjacent to an activating group) is 1. The van der Waals surface area contributed by atoms with Crippen LogP contribution in [0.2, 0.25) is 0 Å². The zero-order valence-electron chi connectivity index (χ0n) is 16.6. The highest BCUT2D eigenvalue weighted by molar-refractivity contribution is 7.99. The molecule has 164 valence electrons. The van der Waals surface area contributed by atoms with Crippen molar-refractivity contribution < 1.29 is 30.0 Å². The third kappa shape index (κ3) is 5.31. The molecule has 2 saturated heterocycles. The molecule has 9 atom stereocenters. The molecule has 28 heavy (non-hydrogen) atoms. The molecule has 0 unspecified atom stereocenters. The number of alkyl halides is 1. The maximum absolute atomic E-state index is 12.9. The third-order valence-electron chi connectivity index (χ3n) is 5.70. The molecule has 0 aliphatic carbocycles. The summed E-state index contributed by atoms with van der Waals surface area (Å²) >= 11 is 7.43. The number of nitrogens with zero attached hydrogens (tertiary/aromatic N) is 1. The molecular weight excluding hydrogens is 408 g/mol. The van der Waals surface area contributed by atoms with Crippen molar-refractivity contribution in [3.05, 3.63) is 0 Å². The predicted molar refractivity (Wildman–Crippen MR) is 108 cm³/mol. The Morgan fingerprint density at radius 2 is 2.00 bits per heavy atom. The Bertz CT molecular complexity index is 516. The summed E-state index contributed by atoms with van der Waals surface area (Å²) in [7, 11) is 1.90. The highest BCUT2D eigenvalue weighted by atomic mass is 35.5. The molecule has 10 heteroatoms. The molecule has 0 radical (unpaired) electrons. The number of carbonyl (C=O) groups is 1. The summed E-state index contributed by atoms with van der Waals surface area (Å²) < 4.78 is 5.74. The van der Waals surface area contributed by atoms with E-state index in [9.17, 15) is 25.2 Å². The van der Waals surface area contributed by atoms with E-state index in [1.54, 1.807) is 6.26 Å². The molecule has 1 amide bonds. The molecule has 2 fully saturated rings. The number of amides is 1. The first-order valence-electron chi connectivity index (χ1n) is 9.73. The van der Waals surface area contributed by atoms with Crippen LogP contribution in [0.15, 0.2) is 0 Å². The summed E-state index contributed by atoms with van der Waals surface area (Å²) in [6.07, 6.45) is -0.680. The van der Waals surface area contributed by atoms with Crippen LogP contribution in [-0.2, 0) is 9.53 Å². The van der Waals surface area contributed by atoms with E-state index in [0.29, 0.717) is 5.92 Å². The second-order valence-corrected chi connectivity index (χ2v) is 9.25. The van der Waals surface area contributed by atoms with Crippen LogP contribution in [0.3, 0.4) is 0 Å². The number of thioether (sulfide) groups is 1. The zero-order chi connectivity index (χ0) is 21.0. The minimum atomic E-state index is -1.45. The van der Waals surface area contributed by atoms with Crippen molar-refractivity contribution in [2.75, 3.05) is 26.5 Å². The second-order valence-electron chi connectivity index (χ2n) is 7.76. The predicted octanol–water partition coefficient (Wildman–Crippen LogP) is -0.638. The highest BCUT2D eigenvalue weighted by Crippen LogP contribution is 2.31. The highest BCUT2D eigenvalue weighted by Gasteiger charge is 2.49. The number of ether oxygens (including phenoxy) is 1. The molecule has 8 nitrogen and oxygen atoms in total. The Morgan fingerprint density at radius 1 is 1.32 bits per heavy atom. The van der Waals surface area contributed by atoms with Crippen LogP contribution in [0.4, 0.5) is 0 Å². The monoisotopic (exact) mass is 440 g/mol. The SMILES string of the molecule is CCC[C@@H]1C[C@@H](C(=O)N[C@@H]([C@H]2O[C@H](SC)[C@H](O)[C@@H](O)[C@H]2O)[C@@H](Cl)CO)N(C)C1. The first-order valence-corrected chi connectivity index (χ1v) is 11.5. The Morgan fingerprint density at radius 3 is 2.57 bits per heavy atom. The Labute approximate surface area is 175 Å². The molecule has 2 heterocycles. The van der Waals surface area contributed by atoms with Gasteiger partial charge in [-0.25, -0.2) is 0 Å². The first kappa shape index (κ1) is 24.1. The Hall–Kier alpha value is -0.130. The molecule has 0 bridgehead atoms. The number of aliphatic hydroxyl groups excluding tert-OH is 4. The van der Waals surface area contributed by atoms with Crippen LogP contribution < -0.4 is 5.32 Å². The van der Waals surface area contributed by atoms with E-state index in [1.165, 1.54) is 11.8 Å². The summed E-state index contributed by atoms with van der Waals surface area (Å²) in [5.74, 6) is 0.200. The molecular formula is C18H33ClN2O6S. The average molecular weight is 441 g/mol. The van der Waals surface area contributed by atoms with Gasteiger partial charge in [0.1, 0.15) is 29.9 Å². The Kier molecular flexibility index (Phi) is 9.28. The lowest BCUT2D eigenvalue weighted by atomic mass is 9.92. The van der Waals surface area contributed by atoms with Crippen LogP contribution in [-0.4, -0.2) is 105 Å². The van der Waals surface area contributed by atoms with Gasteiger partial charge in [0, 0.05) is 6.54 Å². The first-order chi connectivity index (χ1) is 13.2. The van der Waals surface area contributed by atoms with Crippen molar-refractivity contribution >= 4 is 29.3 Å². The minimum absolute atomic E-state index is 0.248. The van der Waals surface area contributed by atoms with Crippen molar-refractivity contribution in [1.29, 1.82) is 0 Å². The fraction of sp³-hybridized carbons (Fsp3) is 0.944. The summed E-state index contributed by atoms with van der Waals surface area (Å²) in [5, 5.41) is 42.1. The number of carbonyl (C=O) groups excluding carboxylic acids is 1. The van der Waals surface area contributed by atoms with Crippen molar-refractivity contribution in [3.63, 3.8) is 0 Å². The number of likely N-dealkylation sites (tertiary alicyclic amines) is 1.